The molecule has 2 aliphatic heterocycles. The van der Waals surface area contributed by atoms with Crippen molar-refractivity contribution in [3.05, 3.63) is 30.1 Å². The van der Waals surface area contributed by atoms with Crippen molar-refractivity contribution in [3.63, 3.8) is 0 Å². The Morgan fingerprint density at radius 2 is 1.92 bits per heavy atom. The molecule has 1 amide bonds. The van der Waals surface area contributed by atoms with Crippen LogP contribution in [0.15, 0.2) is 24.5 Å². The molecule has 138 valence electrons. The Morgan fingerprint density at radius 3 is 2.64 bits per heavy atom. The quantitative estimate of drug-likeness (QED) is 0.819. The predicted molar refractivity (Wildman–Crippen MR) is 93.9 cm³/mol. The zero-order valence-corrected chi connectivity index (χ0v) is 14.8. The number of alkyl halides is 1. The van der Waals surface area contributed by atoms with Crippen LogP contribution in [0.25, 0.3) is 0 Å². The Bertz CT molecular complexity index is 535. The third kappa shape index (κ3) is 4.91. The average Bonchev–Trinajstić information content (AvgIpc) is 2.67. The summed E-state index contributed by atoms with van der Waals surface area (Å²) in [6.07, 6.45) is 9.14. The zero-order valence-electron chi connectivity index (χ0n) is 14.8. The minimum absolute atomic E-state index is 0.138. The van der Waals surface area contributed by atoms with Crippen molar-refractivity contribution in [1.82, 2.24) is 14.8 Å². The molecule has 25 heavy (non-hydrogen) atoms. The Balaban J connectivity index is 1.54. The number of nitrogens with zero attached hydrogens (tertiary/aromatic N) is 3. The molecule has 3 heterocycles. The summed E-state index contributed by atoms with van der Waals surface area (Å²) in [5.41, 5.74) is 1.31. The standard InChI is InChI=1S/C19H28FN3O2/c20-8-14-25-19(24)22-12-6-17(7-13-22)18-3-1-2-11-23(18)15-16-4-9-21-10-5-16/h4-5,9-10,17-18H,1-3,6-8,11-15H2. The van der Waals surface area contributed by atoms with Crippen molar-refractivity contribution in [2.75, 3.05) is 32.9 Å². The van der Waals surface area contributed by atoms with Gasteiger partial charge in [0.1, 0.15) is 13.3 Å². The molecule has 0 aliphatic carbocycles. The van der Waals surface area contributed by atoms with Crippen LogP contribution >= 0.6 is 0 Å². The van der Waals surface area contributed by atoms with Crippen molar-refractivity contribution in [3.8, 4) is 0 Å². The number of hydrogen-bond donors (Lipinski definition) is 0. The van der Waals surface area contributed by atoms with Crippen LogP contribution in [0.5, 0.6) is 0 Å². The van der Waals surface area contributed by atoms with Crippen LogP contribution in [-0.2, 0) is 11.3 Å². The van der Waals surface area contributed by atoms with Gasteiger partial charge in [-0.2, -0.15) is 0 Å². The number of aromatic nitrogens is 1. The molecule has 1 aromatic heterocycles. The lowest BCUT2D eigenvalue weighted by Gasteiger charge is -2.43. The molecule has 2 fully saturated rings. The molecule has 0 aromatic carbocycles. The molecule has 3 rings (SSSR count). The number of likely N-dealkylation sites (tertiary alicyclic amines) is 2. The van der Waals surface area contributed by atoms with Crippen molar-refractivity contribution in [2.45, 2.75) is 44.7 Å². The topological polar surface area (TPSA) is 45.7 Å². The second kappa shape index (κ2) is 9.13. The summed E-state index contributed by atoms with van der Waals surface area (Å²) in [4.78, 5) is 20.3. The summed E-state index contributed by atoms with van der Waals surface area (Å²) in [7, 11) is 0. The third-order valence-electron chi connectivity index (χ3n) is 5.44. The van der Waals surface area contributed by atoms with E-state index >= 15 is 0 Å². The number of halogens is 1. The second-order valence-corrected chi connectivity index (χ2v) is 7.02. The van der Waals surface area contributed by atoms with Crippen LogP contribution in [0.1, 0.15) is 37.7 Å². The number of amides is 1. The maximum atomic E-state index is 12.1. The number of hydrogen-bond acceptors (Lipinski definition) is 4. The van der Waals surface area contributed by atoms with Gasteiger partial charge in [-0.25, -0.2) is 9.18 Å². The highest BCUT2D eigenvalue weighted by atomic mass is 19.1. The number of piperidine rings is 2. The number of carbonyl (C=O) groups is 1. The summed E-state index contributed by atoms with van der Waals surface area (Å²) in [5, 5.41) is 0. The van der Waals surface area contributed by atoms with E-state index in [0.717, 1.165) is 39.0 Å². The van der Waals surface area contributed by atoms with Gasteiger partial charge in [-0.15, -0.1) is 0 Å². The molecule has 0 spiro atoms. The van der Waals surface area contributed by atoms with Crippen molar-refractivity contribution in [1.29, 1.82) is 0 Å². The van der Waals surface area contributed by atoms with Gasteiger partial charge in [0.2, 0.25) is 0 Å². The first kappa shape index (κ1) is 18.1. The smallest absolute Gasteiger partial charge is 0.409 e. The Labute approximate surface area is 149 Å². The van der Waals surface area contributed by atoms with Gasteiger partial charge in [0, 0.05) is 38.1 Å². The molecule has 0 N–H and O–H groups in total. The van der Waals surface area contributed by atoms with E-state index in [0.29, 0.717) is 12.0 Å². The molecule has 0 radical (unpaired) electrons. The van der Waals surface area contributed by atoms with Crippen LogP contribution < -0.4 is 0 Å². The molecule has 1 aromatic rings. The fourth-order valence-electron chi connectivity index (χ4n) is 4.15. The zero-order chi connectivity index (χ0) is 17.5. The van der Waals surface area contributed by atoms with Gasteiger partial charge >= 0.3 is 6.09 Å². The SMILES string of the molecule is O=C(OCCF)N1CCC(C2CCCCN2Cc2ccncc2)CC1. The van der Waals surface area contributed by atoms with E-state index in [1.165, 1.54) is 24.8 Å². The van der Waals surface area contributed by atoms with Crippen LogP contribution in [-0.4, -0.2) is 59.8 Å². The van der Waals surface area contributed by atoms with E-state index in [-0.39, 0.29) is 12.7 Å². The van der Waals surface area contributed by atoms with E-state index in [2.05, 4.69) is 22.0 Å². The lowest BCUT2D eigenvalue weighted by atomic mass is 9.83. The monoisotopic (exact) mass is 349 g/mol. The van der Waals surface area contributed by atoms with E-state index < -0.39 is 6.67 Å². The first-order chi connectivity index (χ1) is 12.3. The lowest BCUT2D eigenvalue weighted by Crippen LogP contribution is -2.48. The van der Waals surface area contributed by atoms with E-state index in [1.807, 2.05) is 12.4 Å². The van der Waals surface area contributed by atoms with Gasteiger partial charge in [0.15, 0.2) is 0 Å². The van der Waals surface area contributed by atoms with Crippen molar-refractivity contribution >= 4 is 6.09 Å². The van der Waals surface area contributed by atoms with Gasteiger partial charge in [-0.3, -0.25) is 9.88 Å². The molecule has 1 atom stereocenters. The number of rotatable bonds is 5. The number of ether oxygens (including phenoxy) is 1. The van der Waals surface area contributed by atoms with Gasteiger partial charge in [-0.1, -0.05) is 6.42 Å². The van der Waals surface area contributed by atoms with Gasteiger partial charge in [-0.05, 0) is 55.8 Å². The summed E-state index contributed by atoms with van der Waals surface area (Å²) < 4.78 is 17.0. The molecule has 0 saturated carbocycles. The van der Waals surface area contributed by atoms with Crippen LogP contribution in [0.3, 0.4) is 0 Å². The molecular weight excluding hydrogens is 321 g/mol. The first-order valence-electron chi connectivity index (χ1n) is 9.38. The Hall–Kier alpha value is -1.69. The van der Waals surface area contributed by atoms with E-state index in [4.69, 9.17) is 4.74 Å². The predicted octanol–water partition coefficient (Wildman–Crippen LogP) is 3.25. The molecule has 6 heteroatoms. The number of carbonyl (C=O) groups excluding carboxylic acids is 1. The van der Waals surface area contributed by atoms with Crippen molar-refractivity contribution in [2.24, 2.45) is 5.92 Å². The highest BCUT2D eigenvalue weighted by molar-refractivity contribution is 5.67. The molecule has 0 bridgehead atoms. The first-order valence-corrected chi connectivity index (χ1v) is 9.38. The van der Waals surface area contributed by atoms with E-state index in [1.54, 1.807) is 4.90 Å². The molecule has 2 saturated heterocycles. The maximum absolute atomic E-state index is 12.1. The summed E-state index contributed by atoms with van der Waals surface area (Å²) in [5.74, 6) is 0.618. The summed E-state index contributed by atoms with van der Waals surface area (Å²) >= 11 is 0. The van der Waals surface area contributed by atoms with Crippen LogP contribution in [0.2, 0.25) is 0 Å². The maximum Gasteiger partial charge on any atom is 0.409 e. The van der Waals surface area contributed by atoms with E-state index in [9.17, 15) is 9.18 Å². The highest BCUT2D eigenvalue weighted by Crippen LogP contribution is 2.31. The fraction of sp³-hybridized carbons (Fsp3) is 0.684. The summed E-state index contributed by atoms with van der Waals surface area (Å²) in [6, 6.07) is 4.77. The Morgan fingerprint density at radius 1 is 1.16 bits per heavy atom. The minimum Gasteiger partial charge on any atom is -0.447 e. The number of pyridine rings is 1. The lowest BCUT2D eigenvalue weighted by molar-refractivity contribution is 0.0448. The fourth-order valence-corrected chi connectivity index (χ4v) is 4.15. The molecule has 2 aliphatic rings. The van der Waals surface area contributed by atoms with Crippen LogP contribution in [0, 0.1) is 5.92 Å². The molecule has 1 unspecified atom stereocenters. The van der Waals surface area contributed by atoms with Gasteiger partial charge in [0.05, 0.1) is 0 Å². The normalized spacial score (nSPS) is 22.8. The average molecular weight is 349 g/mol. The van der Waals surface area contributed by atoms with Crippen molar-refractivity contribution < 1.29 is 13.9 Å². The third-order valence-corrected chi connectivity index (χ3v) is 5.44. The Kier molecular flexibility index (Phi) is 6.62. The van der Waals surface area contributed by atoms with Gasteiger partial charge in [0.25, 0.3) is 0 Å². The highest BCUT2D eigenvalue weighted by Gasteiger charge is 2.33. The summed E-state index contributed by atoms with van der Waals surface area (Å²) in [6.45, 7) is 2.80. The van der Waals surface area contributed by atoms with Gasteiger partial charge < -0.3 is 9.64 Å². The van der Waals surface area contributed by atoms with Crippen LogP contribution in [0.4, 0.5) is 9.18 Å². The minimum atomic E-state index is -0.617. The molecular formula is C19H28FN3O2. The molecule has 5 nitrogen and oxygen atoms in total. The largest absolute Gasteiger partial charge is 0.447 e. The second-order valence-electron chi connectivity index (χ2n) is 7.02.